The normalized spacial score (nSPS) is 10.8. The Balaban J connectivity index is 2.94. The number of likely N-dealkylation sites (N-methyl/N-ethyl adjacent to an activating group) is 1. The standard InChI is InChI=1S/C15H18N2/c1-5-6-15(13(3)16-4)11-12(2)14-7-9-17-10-8-14/h5,7-11,16H,1-3,6H2,4H3/b15-11-. The highest BCUT2D eigenvalue weighted by Gasteiger charge is 2.01. The fraction of sp³-hybridized carbons (Fsp3) is 0.133. The number of nitrogens with zero attached hydrogens (tertiary/aromatic N) is 1. The second kappa shape index (κ2) is 6.48. The molecule has 1 N–H and O–H groups in total. The molecule has 0 amide bonds. The minimum atomic E-state index is 0.768. The number of hydrogen-bond donors (Lipinski definition) is 1. The Morgan fingerprint density at radius 3 is 2.53 bits per heavy atom. The first kappa shape index (κ1) is 13.0. The van der Waals surface area contributed by atoms with Crippen LogP contribution in [0.15, 0.2) is 67.7 Å². The predicted molar refractivity (Wildman–Crippen MR) is 74.4 cm³/mol. The summed E-state index contributed by atoms with van der Waals surface area (Å²) >= 11 is 0. The molecule has 1 rings (SSSR count). The second-order valence-electron chi connectivity index (χ2n) is 3.65. The number of rotatable bonds is 6. The van der Waals surface area contributed by atoms with Gasteiger partial charge in [0.25, 0.3) is 0 Å². The number of hydrogen-bond acceptors (Lipinski definition) is 2. The number of allylic oxidation sites excluding steroid dienone is 4. The van der Waals surface area contributed by atoms with Gasteiger partial charge >= 0.3 is 0 Å². The average molecular weight is 226 g/mol. The van der Waals surface area contributed by atoms with Crippen LogP contribution in [0.5, 0.6) is 0 Å². The lowest BCUT2D eigenvalue weighted by Gasteiger charge is -2.09. The third kappa shape index (κ3) is 3.76. The molecule has 0 spiro atoms. The van der Waals surface area contributed by atoms with Crippen molar-refractivity contribution in [3.8, 4) is 0 Å². The first-order chi connectivity index (χ1) is 8.19. The van der Waals surface area contributed by atoms with E-state index in [0.717, 1.165) is 28.8 Å². The van der Waals surface area contributed by atoms with E-state index >= 15 is 0 Å². The Morgan fingerprint density at radius 2 is 2.00 bits per heavy atom. The molecule has 0 aliphatic heterocycles. The summed E-state index contributed by atoms with van der Waals surface area (Å²) in [5.74, 6) is 0. The number of nitrogens with one attached hydrogen (secondary N) is 1. The van der Waals surface area contributed by atoms with E-state index in [9.17, 15) is 0 Å². The van der Waals surface area contributed by atoms with Gasteiger partial charge in [-0.2, -0.15) is 0 Å². The van der Waals surface area contributed by atoms with E-state index in [1.807, 2.05) is 31.3 Å². The smallest absolute Gasteiger partial charge is 0.0300 e. The summed E-state index contributed by atoms with van der Waals surface area (Å²) in [5.41, 5.74) is 3.98. The zero-order chi connectivity index (χ0) is 12.7. The molecule has 0 saturated carbocycles. The maximum atomic E-state index is 4.06. The maximum Gasteiger partial charge on any atom is 0.0300 e. The van der Waals surface area contributed by atoms with Crippen molar-refractivity contribution in [2.45, 2.75) is 6.42 Å². The van der Waals surface area contributed by atoms with Gasteiger partial charge in [0.1, 0.15) is 0 Å². The zero-order valence-electron chi connectivity index (χ0n) is 10.2. The molecular weight excluding hydrogens is 208 g/mol. The fourth-order valence-electron chi connectivity index (χ4n) is 1.44. The van der Waals surface area contributed by atoms with E-state index in [0.29, 0.717) is 0 Å². The summed E-state index contributed by atoms with van der Waals surface area (Å²) in [4.78, 5) is 3.99. The van der Waals surface area contributed by atoms with Gasteiger partial charge in [0.2, 0.25) is 0 Å². The van der Waals surface area contributed by atoms with E-state index in [-0.39, 0.29) is 0 Å². The highest BCUT2D eigenvalue weighted by atomic mass is 14.8. The second-order valence-corrected chi connectivity index (χ2v) is 3.65. The molecular formula is C15H18N2. The Bertz CT molecular complexity index is 441. The lowest BCUT2D eigenvalue weighted by molar-refractivity contribution is 0.985. The zero-order valence-corrected chi connectivity index (χ0v) is 10.2. The molecule has 0 aliphatic rings. The van der Waals surface area contributed by atoms with E-state index in [1.165, 1.54) is 0 Å². The summed E-state index contributed by atoms with van der Waals surface area (Å²) < 4.78 is 0. The molecule has 88 valence electrons. The van der Waals surface area contributed by atoms with Crippen LogP contribution in [0, 0.1) is 0 Å². The van der Waals surface area contributed by atoms with Crippen molar-refractivity contribution in [3.05, 3.63) is 73.2 Å². The van der Waals surface area contributed by atoms with Crippen molar-refractivity contribution in [2.75, 3.05) is 7.05 Å². The summed E-state index contributed by atoms with van der Waals surface area (Å²) in [6, 6.07) is 3.87. The van der Waals surface area contributed by atoms with Gasteiger partial charge in [-0.05, 0) is 41.3 Å². The molecule has 2 heteroatoms. The molecule has 2 nitrogen and oxygen atoms in total. The number of pyridine rings is 1. The van der Waals surface area contributed by atoms with Gasteiger partial charge in [-0.3, -0.25) is 4.98 Å². The molecule has 0 unspecified atom stereocenters. The topological polar surface area (TPSA) is 24.9 Å². The summed E-state index contributed by atoms with van der Waals surface area (Å²) in [6.45, 7) is 11.8. The van der Waals surface area contributed by atoms with Gasteiger partial charge in [0, 0.05) is 25.1 Å². The van der Waals surface area contributed by atoms with Crippen LogP contribution in [0.25, 0.3) is 5.57 Å². The van der Waals surface area contributed by atoms with E-state index in [1.54, 1.807) is 12.4 Å². The molecule has 1 aromatic rings. The van der Waals surface area contributed by atoms with Crippen molar-refractivity contribution in [3.63, 3.8) is 0 Å². The first-order valence-electron chi connectivity index (χ1n) is 5.46. The van der Waals surface area contributed by atoms with Crippen LogP contribution in [-0.2, 0) is 0 Å². The SMILES string of the molecule is C=CC/C(=C/C(=C)c1ccncc1)C(=C)NC. The molecule has 1 heterocycles. The average Bonchev–Trinajstić information content (AvgIpc) is 2.38. The minimum Gasteiger partial charge on any atom is -0.388 e. The maximum absolute atomic E-state index is 4.06. The highest BCUT2D eigenvalue weighted by molar-refractivity contribution is 5.73. The molecule has 1 aromatic heterocycles. The van der Waals surface area contributed by atoms with Gasteiger partial charge in [0.05, 0.1) is 0 Å². The van der Waals surface area contributed by atoms with Crippen LogP contribution < -0.4 is 5.32 Å². The largest absolute Gasteiger partial charge is 0.388 e. The number of aromatic nitrogens is 1. The molecule has 0 saturated heterocycles. The van der Waals surface area contributed by atoms with E-state index in [2.05, 4.69) is 30.0 Å². The van der Waals surface area contributed by atoms with Crippen LogP contribution in [0.1, 0.15) is 12.0 Å². The van der Waals surface area contributed by atoms with Gasteiger partial charge in [-0.1, -0.05) is 19.2 Å². The van der Waals surface area contributed by atoms with Crippen molar-refractivity contribution in [1.82, 2.24) is 10.3 Å². The molecule has 0 aliphatic carbocycles. The van der Waals surface area contributed by atoms with Crippen molar-refractivity contribution in [2.24, 2.45) is 0 Å². The van der Waals surface area contributed by atoms with Crippen LogP contribution >= 0.6 is 0 Å². The summed E-state index contributed by atoms with van der Waals surface area (Å²) in [5, 5.41) is 3.04. The molecule has 0 fully saturated rings. The molecule has 0 bridgehead atoms. The Labute approximate surface area is 103 Å². The quantitative estimate of drug-likeness (QED) is 0.594. The van der Waals surface area contributed by atoms with E-state index in [4.69, 9.17) is 0 Å². The highest BCUT2D eigenvalue weighted by Crippen LogP contribution is 2.19. The van der Waals surface area contributed by atoms with E-state index < -0.39 is 0 Å². The Kier molecular flexibility index (Phi) is 4.95. The van der Waals surface area contributed by atoms with Crippen molar-refractivity contribution in [1.29, 1.82) is 0 Å². The Morgan fingerprint density at radius 1 is 1.35 bits per heavy atom. The minimum absolute atomic E-state index is 0.768. The third-order valence-corrected chi connectivity index (χ3v) is 2.45. The molecule has 0 atom stereocenters. The fourth-order valence-corrected chi connectivity index (χ4v) is 1.44. The molecule has 0 aromatic carbocycles. The molecule has 17 heavy (non-hydrogen) atoms. The van der Waals surface area contributed by atoms with Gasteiger partial charge in [-0.15, -0.1) is 6.58 Å². The van der Waals surface area contributed by atoms with Gasteiger partial charge in [-0.25, -0.2) is 0 Å². The lowest BCUT2D eigenvalue weighted by atomic mass is 10.0. The Hall–Kier alpha value is -2.09. The third-order valence-electron chi connectivity index (χ3n) is 2.45. The van der Waals surface area contributed by atoms with Gasteiger partial charge in [0.15, 0.2) is 0 Å². The lowest BCUT2D eigenvalue weighted by Crippen LogP contribution is -2.06. The molecule has 0 radical (unpaired) electrons. The monoisotopic (exact) mass is 226 g/mol. The van der Waals surface area contributed by atoms with Crippen molar-refractivity contribution < 1.29 is 0 Å². The van der Waals surface area contributed by atoms with Crippen molar-refractivity contribution >= 4 is 5.57 Å². The summed E-state index contributed by atoms with van der Waals surface area (Å²) in [6.07, 6.45) is 8.16. The van der Waals surface area contributed by atoms with Gasteiger partial charge < -0.3 is 5.32 Å². The van der Waals surface area contributed by atoms with Crippen LogP contribution in [0.3, 0.4) is 0 Å². The summed E-state index contributed by atoms with van der Waals surface area (Å²) in [7, 11) is 1.86. The van der Waals surface area contributed by atoms with Crippen LogP contribution in [0.4, 0.5) is 0 Å². The first-order valence-corrected chi connectivity index (χ1v) is 5.46. The van der Waals surface area contributed by atoms with Crippen LogP contribution in [-0.4, -0.2) is 12.0 Å². The predicted octanol–water partition coefficient (Wildman–Crippen LogP) is 3.33. The van der Waals surface area contributed by atoms with Crippen LogP contribution in [0.2, 0.25) is 0 Å².